The van der Waals surface area contributed by atoms with Gasteiger partial charge in [0, 0.05) is 18.4 Å². The molecule has 0 bridgehead atoms. The number of pyridine rings is 1. The highest BCUT2D eigenvalue weighted by Gasteiger charge is 2.08. The zero-order chi connectivity index (χ0) is 19.9. The van der Waals surface area contributed by atoms with Crippen LogP contribution in [0, 0.1) is 6.92 Å². The Morgan fingerprint density at radius 1 is 0.964 bits per heavy atom. The monoisotopic (exact) mass is 377 g/mol. The molecule has 6 heteroatoms. The first kappa shape index (κ1) is 19.2. The molecule has 3 rings (SSSR count). The Hall–Kier alpha value is -3.54. The second kappa shape index (κ2) is 8.90. The molecule has 0 unspecified atom stereocenters. The van der Waals surface area contributed by atoms with Gasteiger partial charge in [0.1, 0.15) is 5.82 Å². The predicted octanol–water partition coefficient (Wildman–Crippen LogP) is 4.08. The second-order valence-corrected chi connectivity index (χ2v) is 6.30. The zero-order valence-electron chi connectivity index (χ0n) is 16.2. The number of anilines is 2. The third-order valence-electron chi connectivity index (χ3n) is 4.25. The number of carbonyl (C=O) groups excluding carboxylic acids is 1. The van der Waals surface area contributed by atoms with Crippen LogP contribution in [0.25, 0.3) is 0 Å². The minimum absolute atomic E-state index is 0.191. The molecule has 0 fully saturated rings. The lowest BCUT2D eigenvalue weighted by molar-refractivity contribution is 0.0950. The summed E-state index contributed by atoms with van der Waals surface area (Å²) in [6, 6.07) is 17.1. The van der Waals surface area contributed by atoms with Crippen LogP contribution in [-0.4, -0.2) is 25.1 Å². The van der Waals surface area contributed by atoms with Crippen LogP contribution in [0.3, 0.4) is 0 Å². The molecular weight excluding hydrogens is 354 g/mol. The number of benzene rings is 2. The predicted molar refractivity (Wildman–Crippen MR) is 109 cm³/mol. The number of nitrogens with one attached hydrogen (secondary N) is 2. The van der Waals surface area contributed by atoms with E-state index in [9.17, 15) is 4.79 Å². The minimum atomic E-state index is -0.191. The molecule has 0 radical (unpaired) electrons. The summed E-state index contributed by atoms with van der Waals surface area (Å²) >= 11 is 0. The van der Waals surface area contributed by atoms with Gasteiger partial charge in [-0.2, -0.15) is 0 Å². The normalized spacial score (nSPS) is 10.2. The van der Waals surface area contributed by atoms with Gasteiger partial charge in [0.25, 0.3) is 5.91 Å². The van der Waals surface area contributed by atoms with E-state index in [-0.39, 0.29) is 5.91 Å². The summed E-state index contributed by atoms with van der Waals surface area (Å²) in [6.07, 6.45) is 1.56. The lowest BCUT2D eigenvalue weighted by Gasteiger charge is -2.11. The average molecular weight is 377 g/mol. The number of hydrogen-bond donors (Lipinski definition) is 2. The molecule has 0 aliphatic carbocycles. The molecule has 0 saturated carbocycles. The van der Waals surface area contributed by atoms with Gasteiger partial charge in [-0.15, -0.1) is 0 Å². The van der Waals surface area contributed by atoms with Gasteiger partial charge in [0.15, 0.2) is 11.5 Å². The molecule has 144 valence electrons. The standard InChI is InChI=1S/C22H23N3O3/c1-15-4-8-18(9-5-15)25-21-11-7-17(14-23-21)22(26)24-13-16-6-10-19(27-2)20(12-16)28-3/h4-12,14H,13H2,1-3H3,(H,23,25)(H,24,26). The molecule has 28 heavy (non-hydrogen) atoms. The number of amides is 1. The van der Waals surface area contributed by atoms with E-state index in [1.54, 1.807) is 32.5 Å². The largest absolute Gasteiger partial charge is 0.493 e. The van der Waals surface area contributed by atoms with Crippen LogP contribution in [0.1, 0.15) is 21.5 Å². The highest BCUT2D eigenvalue weighted by molar-refractivity contribution is 5.94. The quantitative estimate of drug-likeness (QED) is 0.649. The summed E-state index contributed by atoms with van der Waals surface area (Å²) in [7, 11) is 3.17. The Labute approximate surface area is 164 Å². The summed E-state index contributed by atoms with van der Waals surface area (Å²) in [5.74, 6) is 1.77. The number of aryl methyl sites for hydroxylation is 1. The van der Waals surface area contributed by atoms with Crippen molar-refractivity contribution >= 4 is 17.4 Å². The van der Waals surface area contributed by atoms with Crippen LogP contribution in [0.5, 0.6) is 11.5 Å². The van der Waals surface area contributed by atoms with Crippen molar-refractivity contribution in [3.8, 4) is 11.5 Å². The highest BCUT2D eigenvalue weighted by atomic mass is 16.5. The lowest BCUT2D eigenvalue weighted by Crippen LogP contribution is -2.23. The van der Waals surface area contributed by atoms with Gasteiger partial charge in [-0.05, 0) is 48.9 Å². The molecule has 0 aliphatic rings. The van der Waals surface area contributed by atoms with E-state index in [0.29, 0.717) is 29.4 Å². The Bertz CT molecular complexity index is 938. The Morgan fingerprint density at radius 3 is 2.36 bits per heavy atom. The summed E-state index contributed by atoms with van der Waals surface area (Å²) in [6.45, 7) is 2.42. The van der Waals surface area contributed by atoms with E-state index in [2.05, 4.69) is 15.6 Å². The van der Waals surface area contributed by atoms with Gasteiger partial charge >= 0.3 is 0 Å². The zero-order valence-corrected chi connectivity index (χ0v) is 16.2. The van der Waals surface area contributed by atoms with Crippen LogP contribution < -0.4 is 20.1 Å². The molecule has 1 aromatic heterocycles. The van der Waals surface area contributed by atoms with E-state index in [0.717, 1.165) is 11.3 Å². The number of ether oxygens (including phenoxy) is 2. The summed E-state index contributed by atoms with van der Waals surface area (Å²) in [5, 5.41) is 6.09. The fraction of sp³-hybridized carbons (Fsp3) is 0.182. The first-order chi connectivity index (χ1) is 13.6. The highest BCUT2D eigenvalue weighted by Crippen LogP contribution is 2.27. The van der Waals surface area contributed by atoms with Crippen LogP contribution in [-0.2, 0) is 6.54 Å². The molecule has 0 atom stereocenters. The van der Waals surface area contributed by atoms with Gasteiger partial charge < -0.3 is 20.1 Å². The van der Waals surface area contributed by atoms with Gasteiger partial charge in [-0.1, -0.05) is 23.8 Å². The van der Waals surface area contributed by atoms with Crippen molar-refractivity contribution in [3.05, 3.63) is 77.5 Å². The number of carbonyl (C=O) groups is 1. The molecule has 1 amide bonds. The van der Waals surface area contributed by atoms with Crippen molar-refractivity contribution < 1.29 is 14.3 Å². The van der Waals surface area contributed by atoms with Gasteiger partial charge in [0.2, 0.25) is 0 Å². The number of aromatic nitrogens is 1. The average Bonchev–Trinajstić information content (AvgIpc) is 2.74. The fourth-order valence-electron chi connectivity index (χ4n) is 2.66. The maximum Gasteiger partial charge on any atom is 0.253 e. The Kier molecular flexibility index (Phi) is 6.11. The van der Waals surface area contributed by atoms with Crippen molar-refractivity contribution in [3.63, 3.8) is 0 Å². The summed E-state index contributed by atoms with van der Waals surface area (Å²) < 4.78 is 10.5. The second-order valence-electron chi connectivity index (χ2n) is 6.30. The Morgan fingerprint density at radius 2 is 1.71 bits per heavy atom. The molecular formula is C22H23N3O3. The first-order valence-corrected chi connectivity index (χ1v) is 8.88. The van der Waals surface area contributed by atoms with E-state index in [1.807, 2.05) is 49.4 Å². The molecule has 0 saturated heterocycles. The molecule has 1 heterocycles. The smallest absolute Gasteiger partial charge is 0.253 e. The topological polar surface area (TPSA) is 72.5 Å². The molecule has 0 aliphatic heterocycles. The van der Waals surface area contributed by atoms with Crippen LogP contribution in [0.4, 0.5) is 11.5 Å². The maximum atomic E-state index is 12.4. The Balaban J connectivity index is 1.59. The molecule has 3 aromatic rings. The number of rotatable bonds is 7. The molecule has 6 nitrogen and oxygen atoms in total. The third-order valence-corrected chi connectivity index (χ3v) is 4.25. The van der Waals surface area contributed by atoms with Crippen molar-refractivity contribution in [2.24, 2.45) is 0 Å². The number of methoxy groups -OCH3 is 2. The van der Waals surface area contributed by atoms with E-state index >= 15 is 0 Å². The van der Waals surface area contributed by atoms with Crippen molar-refractivity contribution in [1.82, 2.24) is 10.3 Å². The lowest BCUT2D eigenvalue weighted by atomic mass is 10.2. The van der Waals surface area contributed by atoms with Crippen molar-refractivity contribution in [2.45, 2.75) is 13.5 Å². The maximum absolute atomic E-state index is 12.4. The summed E-state index contributed by atoms with van der Waals surface area (Å²) in [4.78, 5) is 16.7. The SMILES string of the molecule is COc1ccc(CNC(=O)c2ccc(Nc3ccc(C)cc3)nc2)cc1OC. The van der Waals surface area contributed by atoms with E-state index in [1.165, 1.54) is 5.56 Å². The van der Waals surface area contributed by atoms with Gasteiger partial charge in [-0.3, -0.25) is 4.79 Å². The minimum Gasteiger partial charge on any atom is -0.493 e. The van der Waals surface area contributed by atoms with Gasteiger partial charge in [0.05, 0.1) is 19.8 Å². The number of hydrogen-bond acceptors (Lipinski definition) is 5. The molecule has 0 spiro atoms. The summed E-state index contributed by atoms with van der Waals surface area (Å²) in [5.41, 5.74) is 3.55. The number of nitrogens with zero attached hydrogens (tertiary/aromatic N) is 1. The van der Waals surface area contributed by atoms with Crippen molar-refractivity contribution in [1.29, 1.82) is 0 Å². The van der Waals surface area contributed by atoms with Crippen LogP contribution >= 0.6 is 0 Å². The van der Waals surface area contributed by atoms with E-state index in [4.69, 9.17) is 9.47 Å². The van der Waals surface area contributed by atoms with Crippen LogP contribution in [0.15, 0.2) is 60.8 Å². The molecule has 2 aromatic carbocycles. The first-order valence-electron chi connectivity index (χ1n) is 8.88. The van der Waals surface area contributed by atoms with Crippen molar-refractivity contribution in [2.75, 3.05) is 19.5 Å². The third kappa shape index (κ3) is 4.79. The van der Waals surface area contributed by atoms with E-state index < -0.39 is 0 Å². The van der Waals surface area contributed by atoms with Crippen LogP contribution in [0.2, 0.25) is 0 Å². The van der Waals surface area contributed by atoms with Gasteiger partial charge in [-0.25, -0.2) is 4.98 Å². The molecule has 2 N–H and O–H groups in total. The fourth-order valence-corrected chi connectivity index (χ4v) is 2.66.